The summed E-state index contributed by atoms with van der Waals surface area (Å²) in [4.78, 5) is 38.7. The number of rotatable bonds is 5. The number of hydrogen-bond acceptors (Lipinski definition) is 3. The van der Waals surface area contributed by atoms with Gasteiger partial charge in [-0.25, -0.2) is 4.79 Å². The van der Waals surface area contributed by atoms with E-state index in [2.05, 4.69) is 24.5 Å². The Hall–Kier alpha value is -3.15. The Kier molecular flexibility index (Phi) is 5.23. The quantitative estimate of drug-likeness (QED) is 0.780. The van der Waals surface area contributed by atoms with Crippen molar-refractivity contribution in [2.45, 2.75) is 39.2 Å². The standard InChI is InChI=1S/C22H25N3O3/c1-14(2)16-8-10-17(11-9-16)22(4)20(27)25(21(28)24-22)13-19(26)23-18-7-5-6-15(3)12-18/h5-12,14H,13H2,1-4H3,(H,23,26)(H,24,28)/t22-/m0/s1. The number of urea groups is 1. The van der Waals surface area contributed by atoms with Gasteiger partial charge in [0.2, 0.25) is 5.91 Å². The third-order valence-corrected chi connectivity index (χ3v) is 5.03. The van der Waals surface area contributed by atoms with Crippen molar-refractivity contribution >= 4 is 23.5 Å². The summed E-state index contributed by atoms with van der Waals surface area (Å²) < 4.78 is 0. The van der Waals surface area contributed by atoms with E-state index in [-0.39, 0.29) is 6.54 Å². The summed E-state index contributed by atoms with van der Waals surface area (Å²) >= 11 is 0. The zero-order chi connectivity index (χ0) is 20.5. The van der Waals surface area contributed by atoms with Gasteiger partial charge < -0.3 is 10.6 Å². The number of carbonyl (C=O) groups is 3. The zero-order valence-electron chi connectivity index (χ0n) is 16.6. The molecule has 28 heavy (non-hydrogen) atoms. The first-order valence-electron chi connectivity index (χ1n) is 9.32. The molecule has 0 saturated carbocycles. The van der Waals surface area contributed by atoms with Crippen LogP contribution in [0, 0.1) is 6.92 Å². The average Bonchev–Trinajstić information content (AvgIpc) is 2.86. The van der Waals surface area contributed by atoms with E-state index in [9.17, 15) is 14.4 Å². The van der Waals surface area contributed by atoms with Crippen molar-refractivity contribution in [3.05, 3.63) is 65.2 Å². The van der Waals surface area contributed by atoms with E-state index < -0.39 is 23.4 Å². The molecule has 0 radical (unpaired) electrons. The predicted octanol–water partition coefficient (Wildman–Crippen LogP) is 3.52. The fourth-order valence-electron chi connectivity index (χ4n) is 3.30. The molecule has 0 aromatic heterocycles. The van der Waals surface area contributed by atoms with E-state index in [1.54, 1.807) is 13.0 Å². The summed E-state index contributed by atoms with van der Waals surface area (Å²) in [5.41, 5.74) is 2.29. The molecule has 1 fully saturated rings. The zero-order valence-corrected chi connectivity index (χ0v) is 16.6. The molecule has 0 bridgehead atoms. The highest BCUT2D eigenvalue weighted by Gasteiger charge is 2.49. The van der Waals surface area contributed by atoms with Crippen LogP contribution in [-0.4, -0.2) is 29.3 Å². The third-order valence-electron chi connectivity index (χ3n) is 5.03. The Morgan fingerprint density at radius 2 is 1.82 bits per heavy atom. The highest BCUT2D eigenvalue weighted by Crippen LogP contribution is 2.30. The van der Waals surface area contributed by atoms with Crippen LogP contribution in [0.5, 0.6) is 0 Å². The van der Waals surface area contributed by atoms with E-state index in [1.807, 2.05) is 49.4 Å². The topological polar surface area (TPSA) is 78.5 Å². The number of nitrogens with one attached hydrogen (secondary N) is 2. The summed E-state index contributed by atoms with van der Waals surface area (Å²) in [7, 11) is 0. The van der Waals surface area contributed by atoms with Crippen LogP contribution in [0.25, 0.3) is 0 Å². The van der Waals surface area contributed by atoms with Crippen LogP contribution in [0.4, 0.5) is 10.5 Å². The molecule has 3 rings (SSSR count). The number of hydrogen-bond donors (Lipinski definition) is 2. The van der Waals surface area contributed by atoms with Gasteiger partial charge in [-0.3, -0.25) is 14.5 Å². The molecule has 2 N–H and O–H groups in total. The minimum absolute atomic E-state index is 0.335. The van der Waals surface area contributed by atoms with Crippen molar-refractivity contribution in [1.82, 2.24) is 10.2 Å². The van der Waals surface area contributed by atoms with Gasteiger partial charge in [0.1, 0.15) is 12.1 Å². The summed E-state index contributed by atoms with van der Waals surface area (Å²) in [6.07, 6.45) is 0. The van der Waals surface area contributed by atoms with Crippen molar-refractivity contribution in [3.63, 3.8) is 0 Å². The first kappa shape index (κ1) is 19.6. The van der Waals surface area contributed by atoms with Crippen molar-refractivity contribution in [2.24, 2.45) is 0 Å². The number of aryl methyl sites for hydroxylation is 1. The molecule has 1 atom stereocenters. The molecule has 1 aliphatic heterocycles. The molecule has 2 aromatic rings. The van der Waals surface area contributed by atoms with Gasteiger partial charge in [0.25, 0.3) is 5.91 Å². The number of benzene rings is 2. The van der Waals surface area contributed by atoms with Crippen LogP contribution in [0.2, 0.25) is 0 Å². The van der Waals surface area contributed by atoms with Crippen LogP contribution < -0.4 is 10.6 Å². The van der Waals surface area contributed by atoms with Crippen LogP contribution in [0.15, 0.2) is 48.5 Å². The lowest BCUT2D eigenvalue weighted by atomic mass is 9.90. The summed E-state index contributed by atoms with van der Waals surface area (Å²) in [6.45, 7) is 7.43. The number of amides is 4. The first-order valence-corrected chi connectivity index (χ1v) is 9.32. The molecule has 1 aliphatic rings. The van der Waals surface area contributed by atoms with E-state index in [1.165, 1.54) is 0 Å². The second-order valence-corrected chi connectivity index (χ2v) is 7.64. The van der Waals surface area contributed by atoms with Gasteiger partial charge in [-0.1, -0.05) is 50.2 Å². The van der Waals surface area contributed by atoms with Gasteiger partial charge in [-0.05, 0) is 48.6 Å². The van der Waals surface area contributed by atoms with Gasteiger partial charge in [-0.2, -0.15) is 0 Å². The van der Waals surface area contributed by atoms with Crippen molar-refractivity contribution in [1.29, 1.82) is 0 Å². The van der Waals surface area contributed by atoms with Gasteiger partial charge in [-0.15, -0.1) is 0 Å². The smallest absolute Gasteiger partial charge is 0.325 e. The normalized spacial score (nSPS) is 19.1. The summed E-state index contributed by atoms with van der Waals surface area (Å²) in [5, 5.41) is 5.46. The highest BCUT2D eigenvalue weighted by molar-refractivity contribution is 6.10. The Morgan fingerprint density at radius 1 is 1.14 bits per heavy atom. The Balaban J connectivity index is 1.74. The fraction of sp³-hybridized carbons (Fsp3) is 0.318. The average molecular weight is 379 g/mol. The van der Waals surface area contributed by atoms with E-state index >= 15 is 0 Å². The Bertz CT molecular complexity index is 921. The predicted molar refractivity (Wildman–Crippen MR) is 108 cm³/mol. The van der Waals surface area contributed by atoms with Crippen LogP contribution in [-0.2, 0) is 15.1 Å². The monoisotopic (exact) mass is 379 g/mol. The molecule has 6 heteroatoms. The summed E-state index contributed by atoms with van der Waals surface area (Å²) in [5.74, 6) is -0.486. The molecule has 0 aliphatic carbocycles. The number of carbonyl (C=O) groups excluding carboxylic acids is 3. The van der Waals surface area contributed by atoms with E-state index in [0.717, 1.165) is 16.0 Å². The number of anilines is 1. The maximum Gasteiger partial charge on any atom is 0.325 e. The van der Waals surface area contributed by atoms with Crippen molar-refractivity contribution in [3.8, 4) is 0 Å². The lowest BCUT2D eigenvalue weighted by Gasteiger charge is -2.22. The van der Waals surface area contributed by atoms with Gasteiger partial charge >= 0.3 is 6.03 Å². The Labute approximate surface area is 164 Å². The van der Waals surface area contributed by atoms with Crippen molar-refractivity contribution in [2.75, 3.05) is 11.9 Å². The highest BCUT2D eigenvalue weighted by atomic mass is 16.2. The molecular formula is C22H25N3O3. The van der Waals surface area contributed by atoms with Gasteiger partial charge in [0.15, 0.2) is 0 Å². The lowest BCUT2D eigenvalue weighted by Crippen LogP contribution is -2.42. The summed E-state index contributed by atoms with van der Waals surface area (Å²) in [6, 6.07) is 14.4. The maximum absolute atomic E-state index is 13.0. The minimum atomic E-state index is -1.18. The maximum atomic E-state index is 13.0. The molecule has 6 nitrogen and oxygen atoms in total. The van der Waals surface area contributed by atoms with Gasteiger partial charge in [0, 0.05) is 5.69 Å². The molecule has 0 unspecified atom stereocenters. The first-order chi connectivity index (χ1) is 13.2. The fourth-order valence-corrected chi connectivity index (χ4v) is 3.30. The van der Waals surface area contributed by atoms with E-state index in [4.69, 9.17) is 0 Å². The second-order valence-electron chi connectivity index (χ2n) is 7.64. The van der Waals surface area contributed by atoms with Crippen LogP contribution in [0.1, 0.15) is 43.4 Å². The third kappa shape index (κ3) is 3.76. The molecule has 4 amide bonds. The second kappa shape index (κ2) is 7.46. The van der Waals surface area contributed by atoms with Crippen LogP contribution in [0.3, 0.4) is 0 Å². The minimum Gasteiger partial charge on any atom is -0.325 e. The molecule has 146 valence electrons. The van der Waals surface area contributed by atoms with Crippen molar-refractivity contribution < 1.29 is 14.4 Å². The molecule has 2 aromatic carbocycles. The molecule has 0 spiro atoms. The van der Waals surface area contributed by atoms with Crippen LogP contribution >= 0.6 is 0 Å². The molecule has 1 heterocycles. The Morgan fingerprint density at radius 3 is 2.43 bits per heavy atom. The number of nitrogens with zero attached hydrogens (tertiary/aromatic N) is 1. The van der Waals surface area contributed by atoms with Gasteiger partial charge in [0.05, 0.1) is 0 Å². The largest absolute Gasteiger partial charge is 0.325 e. The SMILES string of the molecule is Cc1cccc(NC(=O)CN2C(=O)N[C@@](C)(c3ccc(C(C)C)cc3)C2=O)c1. The lowest BCUT2D eigenvalue weighted by molar-refractivity contribution is -0.133. The van der Waals surface area contributed by atoms with E-state index in [0.29, 0.717) is 17.2 Å². The number of imide groups is 1. The molecular weight excluding hydrogens is 354 g/mol. The molecule has 1 saturated heterocycles.